The van der Waals surface area contributed by atoms with E-state index in [0.717, 1.165) is 5.56 Å². The molecule has 0 aromatic heterocycles. The number of carbonyl (C=O) groups excluding carboxylic acids is 1. The van der Waals surface area contributed by atoms with Gasteiger partial charge in [0.1, 0.15) is 6.61 Å². The van der Waals surface area contributed by atoms with Crippen molar-refractivity contribution < 1.29 is 19.2 Å². The van der Waals surface area contributed by atoms with Gasteiger partial charge in [0, 0.05) is 17.7 Å². The Labute approximate surface area is 179 Å². The minimum atomic E-state index is -0.559. The van der Waals surface area contributed by atoms with E-state index in [2.05, 4.69) is 10.5 Å². The Morgan fingerprint density at radius 2 is 1.84 bits per heavy atom. The highest BCUT2D eigenvalue weighted by Crippen LogP contribution is 2.29. The molecule has 1 N–H and O–H groups in total. The number of hydrogen-bond acceptors (Lipinski definition) is 6. The summed E-state index contributed by atoms with van der Waals surface area (Å²) < 4.78 is 11.5. The van der Waals surface area contributed by atoms with E-state index in [-0.39, 0.29) is 11.3 Å². The molecule has 158 valence electrons. The third-order valence-corrected chi connectivity index (χ3v) is 4.20. The second kappa shape index (κ2) is 10.5. The van der Waals surface area contributed by atoms with Gasteiger partial charge in [-0.2, -0.15) is 5.10 Å². The SMILES string of the molecule is CCOc1cc(/C=N\NC(=O)c2cccc([N+](=O)[O-])c2)ccc1OCc1ccccc1. The molecule has 31 heavy (non-hydrogen) atoms. The molecule has 0 fully saturated rings. The second-order valence-corrected chi connectivity index (χ2v) is 6.42. The first kappa shape index (κ1) is 21.5. The van der Waals surface area contributed by atoms with Crippen LogP contribution in [0.1, 0.15) is 28.4 Å². The molecule has 3 aromatic carbocycles. The van der Waals surface area contributed by atoms with Gasteiger partial charge in [-0.25, -0.2) is 5.43 Å². The van der Waals surface area contributed by atoms with Gasteiger partial charge in [0.2, 0.25) is 0 Å². The number of hydrazone groups is 1. The number of carbonyl (C=O) groups is 1. The molecule has 3 aromatic rings. The smallest absolute Gasteiger partial charge is 0.271 e. The average Bonchev–Trinajstić information content (AvgIpc) is 2.79. The molecular weight excluding hydrogens is 398 g/mol. The Bertz CT molecular complexity index is 1080. The lowest BCUT2D eigenvalue weighted by Gasteiger charge is -2.12. The topological polar surface area (TPSA) is 103 Å². The van der Waals surface area contributed by atoms with Gasteiger partial charge in [0.15, 0.2) is 11.5 Å². The molecule has 0 aliphatic carbocycles. The summed E-state index contributed by atoms with van der Waals surface area (Å²) in [4.78, 5) is 22.4. The highest BCUT2D eigenvalue weighted by atomic mass is 16.6. The standard InChI is InChI=1S/C23H21N3O5/c1-2-30-22-13-18(11-12-21(22)31-16-17-7-4-3-5-8-17)15-24-25-23(27)19-9-6-10-20(14-19)26(28)29/h3-15H,2,16H2,1H3,(H,25,27)/b24-15-. The van der Waals surface area contributed by atoms with Gasteiger partial charge in [0.05, 0.1) is 17.7 Å². The van der Waals surface area contributed by atoms with Crippen LogP contribution in [0.2, 0.25) is 0 Å². The fourth-order valence-electron chi connectivity index (χ4n) is 2.72. The molecular formula is C23H21N3O5. The molecule has 0 radical (unpaired) electrons. The van der Waals surface area contributed by atoms with Crippen molar-refractivity contribution in [3.8, 4) is 11.5 Å². The van der Waals surface area contributed by atoms with Crippen LogP contribution in [0.3, 0.4) is 0 Å². The first-order chi connectivity index (χ1) is 15.1. The summed E-state index contributed by atoms with van der Waals surface area (Å²) in [6, 6.07) is 20.5. The van der Waals surface area contributed by atoms with Gasteiger partial charge in [-0.15, -0.1) is 0 Å². The van der Waals surface area contributed by atoms with Crippen LogP contribution in [-0.2, 0) is 6.61 Å². The van der Waals surface area contributed by atoms with Gasteiger partial charge in [0.25, 0.3) is 11.6 Å². The van der Waals surface area contributed by atoms with Crippen molar-refractivity contribution in [2.75, 3.05) is 6.61 Å². The van der Waals surface area contributed by atoms with Gasteiger partial charge in [-0.3, -0.25) is 14.9 Å². The van der Waals surface area contributed by atoms with E-state index in [4.69, 9.17) is 9.47 Å². The number of rotatable bonds is 9. The van der Waals surface area contributed by atoms with E-state index in [0.29, 0.717) is 30.3 Å². The number of non-ortho nitro benzene ring substituents is 1. The number of hydrogen-bond donors (Lipinski definition) is 1. The first-order valence-corrected chi connectivity index (χ1v) is 9.58. The zero-order chi connectivity index (χ0) is 22.1. The molecule has 0 unspecified atom stereocenters. The van der Waals surface area contributed by atoms with Crippen LogP contribution in [0, 0.1) is 10.1 Å². The zero-order valence-corrected chi connectivity index (χ0v) is 16.9. The fraction of sp³-hybridized carbons (Fsp3) is 0.130. The van der Waals surface area contributed by atoms with Crippen molar-refractivity contribution in [1.29, 1.82) is 0 Å². The Kier molecular flexibility index (Phi) is 7.31. The Morgan fingerprint density at radius 3 is 2.58 bits per heavy atom. The summed E-state index contributed by atoms with van der Waals surface area (Å²) >= 11 is 0. The summed E-state index contributed by atoms with van der Waals surface area (Å²) in [6.45, 7) is 2.75. The maximum absolute atomic E-state index is 12.2. The van der Waals surface area contributed by atoms with E-state index in [1.807, 2.05) is 37.3 Å². The molecule has 0 saturated carbocycles. The molecule has 3 rings (SSSR count). The molecule has 0 heterocycles. The third kappa shape index (κ3) is 6.14. The highest BCUT2D eigenvalue weighted by molar-refractivity contribution is 5.95. The lowest BCUT2D eigenvalue weighted by Crippen LogP contribution is -2.17. The van der Waals surface area contributed by atoms with E-state index in [1.165, 1.54) is 30.5 Å². The lowest BCUT2D eigenvalue weighted by molar-refractivity contribution is -0.384. The summed E-state index contributed by atoms with van der Waals surface area (Å²) in [5.41, 5.74) is 4.07. The molecule has 0 spiro atoms. The Hall–Kier alpha value is -4.20. The predicted molar refractivity (Wildman–Crippen MR) is 117 cm³/mol. The van der Waals surface area contributed by atoms with Crippen LogP contribution < -0.4 is 14.9 Å². The quantitative estimate of drug-likeness (QED) is 0.316. The Balaban J connectivity index is 1.66. The predicted octanol–water partition coefficient (Wildman–Crippen LogP) is 4.34. The molecule has 0 bridgehead atoms. The third-order valence-electron chi connectivity index (χ3n) is 4.20. The number of nitrogens with zero attached hydrogens (tertiary/aromatic N) is 2. The van der Waals surface area contributed by atoms with E-state index in [9.17, 15) is 14.9 Å². The summed E-state index contributed by atoms with van der Waals surface area (Å²) in [5, 5.41) is 14.8. The lowest BCUT2D eigenvalue weighted by atomic mass is 10.2. The van der Waals surface area contributed by atoms with E-state index >= 15 is 0 Å². The summed E-state index contributed by atoms with van der Waals surface area (Å²) in [5.74, 6) is 0.615. The van der Waals surface area contributed by atoms with Crippen LogP contribution in [-0.4, -0.2) is 23.7 Å². The molecule has 1 amide bonds. The van der Waals surface area contributed by atoms with Crippen molar-refractivity contribution in [1.82, 2.24) is 5.43 Å². The molecule has 0 saturated heterocycles. The van der Waals surface area contributed by atoms with Gasteiger partial charge in [-0.1, -0.05) is 36.4 Å². The van der Waals surface area contributed by atoms with Gasteiger partial charge in [-0.05, 0) is 42.3 Å². The average molecular weight is 419 g/mol. The van der Waals surface area contributed by atoms with Crippen LogP contribution in [0.4, 0.5) is 5.69 Å². The number of amides is 1. The van der Waals surface area contributed by atoms with Crippen molar-refractivity contribution in [2.24, 2.45) is 5.10 Å². The van der Waals surface area contributed by atoms with Crippen molar-refractivity contribution in [3.63, 3.8) is 0 Å². The molecule has 0 aliphatic heterocycles. The van der Waals surface area contributed by atoms with Crippen LogP contribution in [0.15, 0.2) is 77.9 Å². The normalized spacial score (nSPS) is 10.6. The first-order valence-electron chi connectivity index (χ1n) is 9.58. The van der Waals surface area contributed by atoms with Gasteiger partial charge < -0.3 is 9.47 Å². The monoisotopic (exact) mass is 419 g/mol. The number of nitro groups is 1. The zero-order valence-electron chi connectivity index (χ0n) is 16.9. The Morgan fingerprint density at radius 1 is 1.03 bits per heavy atom. The van der Waals surface area contributed by atoms with E-state index in [1.54, 1.807) is 18.2 Å². The minimum absolute atomic E-state index is 0.144. The van der Waals surface area contributed by atoms with Crippen LogP contribution in [0.5, 0.6) is 11.5 Å². The largest absolute Gasteiger partial charge is 0.490 e. The van der Waals surface area contributed by atoms with Crippen molar-refractivity contribution in [2.45, 2.75) is 13.5 Å². The maximum Gasteiger partial charge on any atom is 0.271 e. The van der Waals surface area contributed by atoms with Crippen molar-refractivity contribution >= 4 is 17.8 Å². The van der Waals surface area contributed by atoms with E-state index < -0.39 is 10.8 Å². The van der Waals surface area contributed by atoms with Crippen molar-refractivity contribution in [3.05, 3.63) is 99.6 Å². The number of benzene rings is 3. The molecule has 8 nitrogen and oxygen atoms in total. The molecule has 8 heteroatoms. The fourth-order valence-corrected chi connectivity index (χ4v) is 2.72. The van der Waals surface area contributed by atoms with Crippen LogP contribution in [0.25, 0.3) is 0 Å². The molecule has 0 atom stereocenters. The number of ether oxygens (including phenoxy) is 2. The second-order valence-electron chi connectivity index (χ2n) is 6.42. The van der Waals surface area contributed by atoms with Gasteiger partial charge >= 0.3 is 0 Å². The number of nitro benzene ring substituents is 1. The number of nitrogens with one attached hydrogen (secondary N) is 1. The van der Waals surface area contributed by atoms with Crippen LogP contribution >= 0.6 is 0 Å². The maximum atomic E-state index is 12.2. The summed E-state index contributed by atoms with van der Waals surface area (Å²) in [7, 11) is 0. The molecule has 0 aliphatic rings. The highest BCUT2D eigenvalue weighted by Gasteiger charge is 2.11. The minimum Gasteiger partial charge on any atom is -0.490 e. The summed E-state index contributed by atoms with van der Waals surface area (Å²) in [6.07, 6.45) is 1.46.